The maximum Gasteiger partial charge on any atom is 0.269 e. The Hall–Kier alpha value is -1.62. The minimum Gasteiger partial charge on any atom is -0.356 e. The van der Waals surface area contributed by atoms with Gasteiger partial charge in [0, 0.05) is 31.0 Å². The summed E-state index contributed by atoms with van der Waals surface area (Å²) in [6, 6.07) is 6.38. The minimum absolute atomic E-state index is 0.0191. The number of nitrogens with zero attached hydrogens (tertiary/aromatic N) is 1. The van der Waals surface area contributed by atoms with Crippen molar-refractivity contribution < 1.29 is 9.72 Å². The van der Waals surface area contributed by atoms with E-state index in [1.807, 2.05) is 6.92 Å². The van der Waals surface area contributed by atoms with Crippen LogP contribution in [-0.2, 0) is 4.79 Å². The Labute approximate surface area is 117 Å². The average molecular weight is 285 g/mol. The molecular formula is C13H17ClN2O3. The third-order valence-corrected chi connectivity index (χ3v) is 3.08. The maximum absolute atomic E-state index is 11.4. The van der Waals surface area contributed by atoms with Crippen LogP contribution in [-0.4, -0.2) is 23.3 Å². The van der Waals surface area contributed by atoms with Gasteiger partial charge >= 0.3 is 0 Å². The van der Waals surface area contributed by atoms with Crippen LogP contribution in [0.5, 0.6) is 0 Å². The first-order valence-corrected chi connectivity index (χ1v) is 6.65. The van der Waals surface area contributed by atoms with Gasteiger partial charge in [-0.15, -0.1) is 11.6 Å². The molecule has 5 nitrogen and oxygen atoms in total. The molecule has 1 atom stereocenters. The van der Waals surface area contributed by atoms with Crippen molar-refractivity contribution >= 4 is 23.2 Å². The van der Waals surface area contributed by atoms with E-state index in [9.17, 15) is 14.9 Å². The van der Waals surface area contributed by atoms with Crippen LogP contribution in [0.2, 0.25) is 0 Å². The number of hydrogen-bond donors (Lipinski definition) is 1. The zero-order valence-corrected chi connectivity index (χ0v) is 11.5. The molecule has 0 aliphatic carbocycles. The molecule has 0 heterocycles. The number of carbonyl (C=O) groups excluding carboxylic acids is 1. The van der Waals surface area contributed by atoms with Crippen LogP contribution < -0.4 is 5.32 Å². The van der Waals surface area contributed by atoms with E-state index in [4.69, 9.17) is 11.6 Å². The van der Waals surface area contributed by atoms with E-state index in [0.717, 1.165) is 5.56 Å². The molecule has 0 fully saturated rings. The van der Waals surface area contributed by atoms with E-state index in [2.05, 4.69) is 5.32 Å². The molecule has 1 unspecified atom stereocenters. The molecule has 0 saturated heterocycles. The predicted octanol–water partition coefficient (Wildman–Crippen LogP) is 2.83. The topological polar surface area (TPSA) is 72.2 Å². The zero-order valence-electron chi connectivity index (χ0n) is 10.8. The molecule has 1 amide bonds. The molecule has 19 heavy (non-hydrogen) atoms. The molecule has 0 aliphatic rings. The van der Waals surface area contributed by atoms with E-state index in [-0.39, 0.29) is 17.5 Å². The van der Waals surface area contributed by atoms with Crippen LogP contribution in [0, 0.1) is 10.1 Å². The van der Waals surface area contributed by atoms with Crippen molar-refractivity contribution in [3.63, 3.8) is 0 Å². The number of rotatable bonds is 7. The predicted molar refractivity (Wildman–Crippen MR) is 74.5 cm³/mol. The van der Waals surface area contributed by atoms with E-state index < -0.39 is 4.92 Å². The highest BCUT2D eigenvalue weighted by Gasteiger charge is 2.10. The zero-order chi connectivity index (χ0) is 14.3. The Morgan fingerprint density at radius 2 is 2.05 bits per heavy atom. The quantitative estimate of drug-likeness (QED) is 0.475. The first-order valence-electron chi connectivity index (χ1n) is 6.11. The maximum atomic E-state index is 11.4. The molecule has 0 radical (unpaired) electrons. The van der Waals surface area contributed by atoms with Gasteiger partial charge in [0.15, 0.2) is 0 Å². The number of hydrogen-bond acceptors (Lipinski definition) is 3. The van der Waals surface area contributed by atoms with Crippen LogP contribution in [0.25, 0.3) is 0 Å². The van der Waals surface area contributed by atoms with Gasteiger partial charge in [-0.3, -0.25) is 14.9 Å². The SMILES string of the molecule is CC(CNC(=O)CCCCl)c1ccc([N+](=O)[O-])cc1. The van der Waals surface area contributed by atoms with Gasteiger partial charge in [-0.05, 0) is 17.9 Å². The van der Waals surface area contributed by atoms with Crippen molar-refractivity contribution in [2.75, 3.05) is 12.4 Å². The van der Waals surface area contributed by atoms with Crippen molar-refractivity contribution in [2.45, 2.75) is 25.7 Å². The van der Waals surface area contributed by atoms with Gasteiger partial charge in [0.1, 0.15) is 0 Å². The fraction of sp³-hybridized carbons (Fsp3) is 0.462. The number of non-ortho nitro benzene ring substituents is 1. The fourth-order valence-electron chi connectivity index (χ4n) is 1.63. The van der Waals surface area contributed by atoms with Gasteiger partial charge in [-0.25, -0.2) is 0 Å². The van der Waals surface area contributed by atoms with Crippen molar-refractivity contribution in [1.82, 2.24) is 5.32 Å². The largest absolute Gasteiger partial charge is 0.356 e. The first kappa shape index (κ1) is 15.4. The van der Waals surface area contributed by atoms with Crippen molar-refractivity contribution in [3.05, 3.63) is 39.9 Å². The van der Waals surface area contributed by atoms with Crippen molar-refractivity contribution in [3.8, 4) is 0 Å². The molecule has 6 heteroatoms. The van der Waals surface area contributed by atoms with Gasteiger partial charge in [0.2, 0.25) is 5.91 Å². The highest BCUT2D eigenvalue weighted by molar-refractivity contribution is 6.17. The summed E-state index contributed by atoms with van der Waals surface area (Å²) in [4.78, 5) is 21.5. The Balaban J connectivity index is 2.47. The van der Waals surface area contributed by atoms with Gasteiger partial charge in [-0.2, -0.15) is 0 Å². The summed E-state index contributed by atoms with van der Waals surface area (Å²) < 4.78 is 0. The minimum atomic E-state index is -0.428. The molecule has 104 valence electrons. The van der Waals surface area contributed by atoms with Gasteiger partial charge in [0.25, 0.3) is 5.69 Å². The van der Waals surface area contributed by atoms with Crippen LogP contribution in [0.3, 0.4) is 0 Å². The second-order valence-electron chi connectivity index (χ2n) is 4.35. The third-order valence-electron chi connectivity index (χ3n) is 2.82. The number of halogens is 1. The number of alkyl halides is 1. The summed E-state index contributed by atoms with van der Waals surface area (Å²) in [6.07, 6.45) is 1.09. The summed E-state index contributed by atoms with van der Waals surface area (Å²) in [5.41, 5.74) is 1.03. The van der Waals surface area contributed by atoms with E-state index in [1.54, 1.807) is 12.1 Å². The molecule has 0 aromatic heterocycles. The van der Waals surface area contributed by atoms with Gasteiger partial charge in [0.05, 0.1) is 4.92 Å². The summed E-state index contributed by atoms with van der Waals surface area (Å²) >= 11 is 5.51. The number of benzene rings is 1. The summed E-state index contributed by atoms with van der Waals surface area (Å²) in [7, 11) is 0. The fourth-order valence-corrected chi connectivity index (χ4v) is 1.76. The van der Waals surface area contributed by atoms with Crippen LogP contribution in [0.15, 0.2) is 24.3 Å². The second-order valence-corrected chi connectivity index (χ2v) is 4.72. The number of nitrogens with one attached hydrogen (secondary N) is 1. The first-order chi connectivity index (χ1) is 9.04. The summed E-state index contributed by atoms with van der Waals surface area (Å²) in [5, 5.41) is 13.4. The van der Waals surface area contributed by atoms with Crippen molar-refractivity contribution in [2.24, 2.45) is 0 Å². The number of carbonyl (C=O) groups is 1. The van der Waals surface area contributed by atoms with E-state index >= 15 is 0 Å². The van der Waals surface area contributed by atoms with Crippen LogP contribution in [0.1, 0.15) is 31.2 Å². The Morgan fingerprint density at radius 1 is 1.42 bits per heavy atom. The Morgan fingerprint density at radius 3 is 2.58 bits per heavy atom. The number of amides is 1. The average Bonchev–Trinajstić information content (AvgIpc) is 2.42. The second kappa shape index (κ2) is 7.74. The van der Waals surface area contributed by atoms with Gasteiger partial charge < -0.3 is 5.32 Å². The lowest BCUT2D eigenvalue weighted by molar-refractivity contribution is -0.384. The van der Waals surface area contributed by atoms with E-state index in [0.29, 0.717) is 25.3 Å². The normalized spacial score (nSPS) is 11.9. The molecule has 0 saturated carbocycles. The molecule has 0 bridgehead atoms. The molecule has 1 rings (SSSR count). The highest BCUT2D eigenvalue weighted by atomic mass is 35.5. The molecule has 0 spiro atoms. The Bertz CT molecular complexity index is 434. The monoisotopic (exact) mass is 284 g/mol. The van der Waals surface area contributed by atoms with Crippen LogP contribution >= 0.6 is 11.6 Å². The molecule has 1 aromatic rings. The van der Waals surface area contributed by atoms with E-state index in [1.165, 1.54) is 12.1 Å². The Kier molecular flexibility index (Phi) is 6.29. The number of nitro benzene ring substituents is 1. The van der Waals surface area contributed by atoms with Gasteiger partial charge in [-0.1, -0.05) is 19.1 Å². The molecule has 1 aromatic carbocycles. The smallest absolute Gasteiger partial charge is 0.269 e. The summed E-state index contributed by atoms with van der Waals surface area (Å²) in [5.74, 6) is 0.570. The van der Waals surface area contributed by atoms with Crippen molar-refractivity contribution in [1.29, 1.82) is 0 Å². The lowest BCUT2D eigenvalue weighted by Gasteiger charge is -2.12. The highest BCUT2D eigenvalue weighted by Crippen LogP contribution is 2.18. The standard InChI is InChI=1S/C13H17ClN2O3/c1-10(9-15-13(17)3-2-8-14)11-4-6-12(7-5-11)16(18)19/h4-7,10H,2-3,8-9H2,1H3,(H,15,17). The molecular weight excluding hydrogens is 268 g/mol. The lowest BCUT2D eigenvalue weighted by atomic mass is 10.0. The third kappa shape index (κ3) is 5.26. The lowest BCUT2D eigenvalue weighted by Crippen LogP contribution is -2.27. The number of nitro groups is 1. The molecule has 0 aliphatic heterocycles. The molecule has 1 N–H and O–H groups in total. The summed E-state index contributed by atoms with van der Waals surface area (Å²) in [6.45, 7) is 2.47. The van der Waals surface area contributed by atoms with Crippen LogP contribution in [0.4, 0.5) is 5.69 Å².